The highest BCUT2D eigenvalue weighted by atomic mass is 32.2. The van der Waals surface area contributed by atoms with Crippen molar-refractivity contribution in [1.82, 2.24) is 0 Å². The minimum atomic E-state index is -4.32. The first kappa shape index (κ1) is 3.24. The highest BCUT2D eigenvalue weighted by molar-refractivity contribution is 7.86. The van der Waals surface area contributed by atoms with Crippen molar-refractivity contribution in [2.24, 2.45) is 0 Å². The molecule has 0 saturated heterocycles. The maximum absolute atomic E-state index is 10.9. The van der Waals surface area contributed by atoms with Gasteiger partial charge in [0.2, 0.25) is 0 Å². The van der Waals surface area contributed by atoms with Gasteiger partial charge in [-0.05, 0) is 13.7 Å². The molecule has 0 spiro atoms. The fourth-order valence-electron chi connectivity index (χ4n) is 0.251. The summed E-state index contributed by atoms with van der Waals surface area (Å²) in [6.07, 6.45) is 5.35. The normalized spacial score (nSPS) is 24.0. The van der Waals surface area contributed by atoms with Crippen LogP contribution in [-0.2, 0) is 14.3 Å². The average Bonchev–Trinajstić information content (AvgIpc) is 1.93. The maximum atomic E-state index is 10.9. The molecule has 0 aromatic carbocycles. The molecule has 0 aliphatic rings. The number of rotatable bonds is 2. The van der Waals surface area contributed by atoms with E-state index >= 15 is 0 Å². The van der Waals surface area contributed by atoms with Crippen molar-refractivity contribution in [2.45, 2.75) is 19.3 Å². The van der Waals surface area contributed by atoms with E-state index in [4.69, 9.17) is 14.6 Å². The van der Waals surface area contributed by atoms with Crippen molar-refractivity contribution in [3.05, 3.63) is 0 Å². The second kappa shape index (κ2) is 2.60. The Hall–Kier alpha value is -0.530. The van der Waals surface area contributed by atoms with Gasteiger partial charge in [0.1, 0.15) is 5.60 Å². The summed E-state index contributed by atoms with van der Waals surface area (Å²) in [5.74, 6) is 1.43. The summed E-state index contributed by atoms with van der Waals surface area (Å²) in [5.41, 5.74) is -3.16. The van der Waals surface area contributed by atoms with Gasteiger partial charge in [-0.15, -0.1) is 6.42 Å². The van der Waals surface area contributed by atoms with E-state index in [1.807, 2.05) is 0 Å². The van der Waals surface area contributed by atoms with Gasteiger partial charge in [0.15, 0.2) is 0 Å². The lowest BCUT2D eigenvalue weighted by Crippen LogP contribution is -2.25. The molecule has 0 N–H and O–H groups in total. The predicted octanol–water partition coefficient (Wildman–Crippen LogP) is 0.374. The third kappa shape index (κ3) is 4.36. The molecule has 0 atom stereocenters. The summed E-state index contributed by atoms with van der Waals surface area (Å²) >= 11 is 0. The molecular weight excluding hydrogens is 152 g/mol. The van der Waals surface area contributed by atoms with Crippen molar-refractivity contribution >= 4 is 10.1 Å². The predicted molar refractivity (Wildman–Crippen MR) is 38.8 cm³/mol. The van der Waals surface area contributed by atoms with Gasteiger partial charge in [-0.2, -0.15) is 8.42 Å². The molecular formula is C6H10O3S. The van der Waals surface area contributed by atoms with Gasteiger partial charge >= 0.3 is 0 Å². The highest BCUT2D eigenvalue weighted by Crippen LogP contribution is 2.09. The van der Waals surface area contributed by atoms with E-state index in [-0.39, 0.29) is 0 Å². The quantitative estimate of drug-likeness (QED) is 0.442. The van der Waals surface area contributed by atoms with Crippen molar-refractivity contribution in [3.63, 3.8) is 0 Å². The topological polar surface area (TPSA) is 43.4 Å². The van der Waals surface area contributed by atoms with E-state index in [9.17, 15) is 8.42 Å². The molecule has 0 aliphatic carbocycles. The van der Waals surface area contributed by atoms with Gasteiger partial charge < -0.3 is 0 Å². The first-order chi connectivity index (χ1) is 6.77. The van der Waals surface area contributed by atoms with E-state index in [0.29, 0.717) is 6.26 Å². The van der Waals surface area contributed by atoms with Crippen LogP contribution in [0.15, 0.2) is 0 Å². The minimum Gasteiger partial charge on any atom is -0.251 e. The second-order valence-corrected chi connectivity index (χ2v) is 3.19. The Balaban J connectivity index is 5.82. The maximum Gasteiger partial charge on any atom is 0.265 e. The van der Waals surface area contributed by atoms with Crippen molar-refractivity contribution in [1.29, 1.82) is 0 Å². The monoisotopic (exact) mass is 168 g/mol. The van der Waals surface area contributed by atoms with Crippen molar-refractivity contribution in [2.75, 3.05) is 6.26 Å². The lowest BCUT2D eigenvalue weighted by molar-refractivity contribution is 0.183. The number of terminal acetylenes is 1. The Bertz CT molecular complexity index is 383. The van der Waals surface area contributed by atoms with Crippen molar-refractivity contribution < 1.29 is 20.8 Å². The first-order valence-electron chi connectivity index (χ1n) is 5.15. The van der Waals surface area contributed by atoms with Gasteiger partial charge in [-0.1, -0.05) is 5.92 Å². The average molecular weight is 168 g/mol. The molecule has 0 unspecified atom stereocenters. The summed E-state index contributed by atoms with van der Waals surface area (Å²) in [6.45, 7) is -6.59. The number of hydrogen-bond acceptors (Lipinski definition) is 3. The largest absolute Gasteiger partial charge is 0.265 e. The van der Waals surface area contributed by atoms with Crippen LogP contribution in [0.25, 0.3) is 0 Å². The summed E-state index contributed by atoms with van der Waals surface area (Å²) in [6, 6.07) is 0. The standard InChI is InChI=1S/C6H10O3S/c1-5-6(2,3)9-10(4,7)8/h1H,2-4H3/i2D3,3D3. The van der Waals surface area contributed by atoms with E-state index in [1.54, 1.807) is 0 Å². The Morgan fingerprint density at radius 2 is 2.20 bits per heavy atom. The Morgan fingerprint density at radius 3 is 2.30 bits per heavy atom. The molecule has 10 heavy (non-hydrogen) atoms. The van der Waals surface area contributed by atoms with Gasteiger partial charge in [0.05, 0.1) is 6.26 Å². The van der Waals surface area contributed by atoms with Crippen LogP contribution in [0, 0.1) is 12.3 Å². The third-order valence-corrected chi connectivity index (χ3v) is 1.03. The summed E-state index contributed by atoms with van der Waals surface area (Å²) in [7, 11) is -4.32. The van der Waals surface area contributed by atoms with Crippen LogP contribution in [0.5, 0.6) is 0 Å². The molecule has 4 heteroatoms. The molecule has 3 nitrogen and oxygen atoms in total. The third-order valence-electron chi connectivity index (χ3n) is 0.480. The zero-order valence-electron chi connectivity index (χ0n) is 11.2. The summed E-state index contributed by atoms with van der Waals surface area (Å²) < 4.78 is 68.0. The molecule has 0 radical (unpaired) electrons. The van der Waals surface area contributed by atoms with E-state index in [2.05, 4.69) is 4.18 Å². The zero-order chi connectivity index (χ0) is 13.4. The smallest absolute Gasteiger partial charge is 0.251 e. The van der Waals surface area contributed by atoms with E-state index < -0.39 is 29.4 Å². The van der Waals surface area contributed by atoms with Crippen LogP contribution in [0.3, 0.4) is 0 Å². The molecule has 0 aromatic heterocycles. The molecule has 58 valence electrons. The van der Waals surface area contributed by atoms with Crippen LogP contribution in [0.4, 0.5) is 0 Å². The van der Waals surface area contributed by atoms with Crippen LogP contribution < -0.4 is 0 Å². The number of hydrogen-bond donors (Lipinski definition) is 0. The van der Waals surface area contributed by atoms with Crippen molar-refractivity contribution in [3.8, 4) is 12.3 Å². The second-order valence-electron chi connectivity index (χ2n) is 1.61. The van der Waals surface area contributed by atoms with E-state index in [0.717, 1.165) is 0 Å². The van der Waals surface area contributed by atoms with Gasteiger partial charge in [-0.25, -0.2) is 0 Å². The van der Waals surface area contributed by atoms with E-state index in [1.165, 1.54) is 5.92 Å². The summed E-state index contributed by atoms with van der Waals surface area (Å²) in [5, 5.41) is 0. The zero-order valence-corrected chi connectivity index (χ0v) is 6.03. The SMILES string of the molecule is [2H]C([2H])([2H])C(C#C)(OS(C)(=O)=O)C([2H])([2H])[2H]. The van der Waals surface area contributed by atoms with Gasteiger partial charge in [-0.3, -0.25) is 4.18 Å². The molecule has 0 heterocycles. The van der Waals surface area contributed by atoms with Gasteiger partial charge in [0.25, 0.3) is 10.1 Å². The lowest BCUT2D eigenvalue weighted by atomic mass is 10.2. The van der Waals surface area contributed by atoms with Gasteiger partial charge in [0, 0.05) is 8.22 Å². The minimum absolute atomic E-state index is 0.524. The molecule has 0 aromatic rings. The van der Waals surface area contributed by atoms with Crippen LogP contribution in [0.2, 0.25) is 0 Å². The lowest BCUT2D eigenvalue weighted by Gasteiger charge is -2.15. The molecule has 0 aliphatic heterocycles. The molecule has 0 amide bonds. The Kier molecular flexibility index (Phi) is 0.845. The molecule has 0 saturated carbocycles. The van der Waals surface area contributed by atoms with Crippen LogP contribution in [-0.4, -0.2) is 20.3 Å². The first-order valence-corrected chi connectivity index (χ1v) is 3.97. The fraction of sp³-hybridized carbons (Fsp3) is 0.667. The van der Waals surface area contributed by atoms with Crippen LogP contribution in [0.1, 0.15) is 21.9 Å². The molecule has 0 rings (SSSR count). The Labute approximate surface area is 69.9 Å². The Morgan fingerprint density at radius 1 is 1.70 bits per heavy atom. The molecule has 0 bridgehead atoms. The fourth-order valence-corrected chi connectivity index (χ4v) is 0.753. The van der Waals surface area contributed by atoms with Crippen LogP contribution >= 0.6 is 0 Å². The summed E-state index contributed by atoms with van der Waals surface area (Å²) in [4.78, 5) is 0. The highest BCUT2D eigenvalue weighted by Gasteiger charge is 2.20. The molecule has 0 fully saturated rings.